The van der Waals surface area contributed by atoms with Gasteiger partial charge in [-0.15, -0.1) is 0 Å². The van der Waals surface area contributed by atoms with Gasteiger partial charge >= 0.3 is 34.5 Å². The average Bonchev–Trinajstić information content (AvgIpc) is 2.80. The molecule has 272 valence electrons. The van der Waals surface area contributed by atoms with Crippen molar-refractivity contribution in [2.45, 2.75) is 149 Å². The first-order chi connectivity index (χ1) is 20.5. The van der Waals surface area contributed by atoms with Crippen LogP contribution in [0.2, 0.25) is 109 Å². The second kappa shape index (κ2) is 20.7. The lowest BCUT2D eigenvalue weighted by Gasteiger charge is -2.45. The van der Waals surface area contributed by atoms with Crippen LogP contribution in [0.4, 0.5) is 0 Å². The van der Waals surface area contributed by atoms with E-state index in [1.54, 1.807) is 0 Å². The predicted octanol–water partition coefficient (Wildman–Crippen LogP) is 8.50. The smallest absolute Gasteiger partial charge is 0.437 e. The average molecular weight is 764 g/mol. The molecular weight excluding hydrogens is 689 g/mol. The molecule has 0 aromatic heterocycles. The fraction of sp³-hybridized carbons (Fsp3) is 1.00. The molecular formula is C29H74O9Si7. The number of hydrogen-bond donors (Lipinski definition) is 1. The number of aliphatic hydroxyl groups excluding tert-OH is 1. The Hall–Kier alpha value is 1.16. The van der Waals surface area contributed by atoms with Gasteiger partial charge in [0.2, 0.25) is 0 Å². The Bertz CT molecular complexity index is 779. The first-order valence-electron chi connectivity index (χ1n) is 17.4. The monoisotopic (exact) mass is 762 g/mol. The molecule has 16 heteroatoms. The van der Waals surface area contributed by atoms with Crippen molar-refractivity contribution < 1.29 is 39.6 Å². The van der Waals surface area contributed by atoms with Crippen molar-refractivity contribution >= 4 is 59.2 Å². The Kier molecular flexibility index (Phi) is 21.3. The third kappa shape index (κ3) is 22.5. The topological polar surface area (TPSA) is 94.1 Å². The Balaban J connectivity index is 6.54. The molecule has 45 heavy (non-hydrogen) atoms. The summed E-state index contributed by atoms with van der Waals surface area (Å²) >= 11 is 0. The van der Waals surface area contributed by atoms with Gasteiger partial charge in [-0.3, -0.25) is 0 Å². The third-order valence-electron chi connectivity index (χ3n) is 6.83. The molecule has 0 rings (SSSR count). The molecule has 0 heterocycles. The number of ether oxygens (including phenoxy) is 1. The predicted molar refractivity (Wildman–Crippen MR) is 206 cm³/mol. The highest BCUT2D eigenvalue weighted by molar-refractivity contribution is 6.91. The van der Waals surface area contributed by atoms with Gasteiger partial charge in [-0.2, -0.15) is 0 Å². The Morgan fingerprint density at radius 2 is 0.822 bits per heavy atom. The molecule has 0 saturated carbocycles. The van der Waals surface area contributed by atoms with E-state index in [-0.39, 0.29) is 6.61 Å². The largest absolute Gasteiger partial charge is 0.500 e. The molecule has 0 aliphatic carbocycles. The molecule has 0 aromatic carbocycles. The first-order valence-corrected chi connectivity index (χ1v) is 37.4. The maximum absolute atomic E-state index is 9.17. The lowest BCUT2D eigenvalue weighted by molar-refractivity contribution is 0.0710. The zero-order chi connectivity index (χ0) is 35.1. The van der Waals surface area contributed by atoms with E-state index in [2.05, 4.69) is 78.6 Å². The Morgan fingerprint density at radius 1 is 0.444 bits per heavy atom. The lowest BCUT2D eigenvalue weighted by atomic mass is 10.5. The molecule has 3 atom stereocenters. The summed E-state index contributed by atoms with van der Waals surface area (Å²) in [7, 11) is -16.0. The molecule has 0 aliphatic heterocycles. The van der Waals surface area contributed by atoms with Gasteiger partial charge in [0.25, 0.3) is 0 Å². The second-order valence-electron chi connectivity index (χ2n) is 15.7. The molecule has 0 bridgehead atoms. The normalized spacial score (nSPS) is 17.6. The Labute approximate surface area is 286 Å². The van der Waals surface area contributed by atoms with Crippen LogP contribution in [0, 0.1) is 0 Å². The van der Waals surface area contributed by atoms with Gasteiger partial charge < -0.3 is 39.6 Å². The maximum atomic E-state index is 9.17. The van der Waals surface area contributed by atoms with E-state index in [4.69, 9.17) is 39.6 Å². The van der Waals surface area contributed by atoms with Crippen molar-refractivity contribution in [3.8, 4) is 0 Å². The quantitative estimate of drug-likeness (QED) is 0.0622. The second-order valence-corrected chi connectivity index (χ2v) is 44.1. The minimum atomic E-state index is -2.86. The highest BCUT2D eigenvalue weighted by atomic mass is 28.5. The standard InChI is InChI=1S/C29H74O9Si7/c1-16-32-45(33-17-2,34-18-3)29-21-28-44(15,37-42(13,35-40(7,8)9)26-19-23-31-24-22-30)38-43(14,36-41(10,11)12)27-20-25-39(4,5)6/h30H,16-29H2,1-15H3. The van der Waals surface area contributed by atoms with E-state index in [9.17, 15) is 0 Å². The summed E-state index contributed by atoms with van der Waals surface area (Å²) in [5.74, 6) is 0. The highest BCUT2D eigenvalue weighted by Crippen LogP contribution is 2.35. The van der Waals surface area contributed by atoms with Crippen molar-refractivity contribution in [3.63, 3.8) is 0 Å². The zero-order valence-electron chi connectivity index (χ0n) is 32.1. The van der Waals surface area contributed by atoms with E-state index in [1.807, 2.05) is 20.8 Å². The summed E-state index contributed by atoms with van der Waals surface area (Å²) in [6.45, 7) is 36.2. The minimum Gasteiger partial charge on any atom is -0.437 e. The van der Waals surface area contributed by atoms with E-state index < -0.39 is 59.2 Å². The maximum Gasteiger partial charge on any atom is 0.500 e. The molecule has 0 fully saturated rings. The number of aliphatic hydroxyl groups is 1. The van der Waals surface area contributed by atoms with Gasteiger partial charge in [-0.25, -0.2) is 0 Å². The molecule has 3 unspecified atom stereocenters. The van der Waals surface area contributed by atoms with Crippen LogP contribution >= 0.6 is 0 Å². The van der Waals surface area contributed by atoms with E-state index >= 15 is 0 Å². The van der Waals surface area contributed by atoms with Crippen LogP contribution < -0.4 is 0 Å². The van der Waals surface area contributed by atoms with Crippen molar-refractivity contribution in [1.29, 1.82) is 0 Å². The molecule has 1 N–H and O–H groups in total. The highest BCUT2D eigenvalue weighted by Gasteiger charge is 2.51. The summed E-state index contributed by atoms with van der Waals surface area (Å²) in [5.41, 5.74) is 0. The van der Waals surface area contributed by atoms with Crippen LogP contribution in [-0.4, -0.2) is 104 Å². The summed E-state index contributed by atoms with van der Waals surface area (Å²) in [5, 5.41) is 9.17. The number of hydrogen-bond acceptors (Lipinski definition) is 9. The van der Waals surface area contributed by atoms with Crippen LogP contribution in [0.1, 0.15) is 40.0 Å². The number of rotatable bonds is 28. The fourth-order valence-corrected chi connectivity index (χ4v) is 34.5. The lowest BCUT2D eigenvalue weighted by Crippen LogP contribution is -2.61. The Morgan fingerprint density at radius 3 is 1.18 bits per heavy atom. The zero-order valence-corrected chi connectivity index (χ0v) is 39.1. The van der Waals surface area contributed by atoms with Crippen LogP contribution in [0.15, 0.2) is 0 Å². The summed E-state index contributed by atoms with van der Waals surface area (Å²) in [6.07, 6.45) is 2.78. The molecule has 0 aliphatic rings. The van der Waals surface area contributed by atoms with Crippen molar-refractivity contribution in [2.24, 2.45) is 0 Å². The van der Waals surface area contributed by atoms with Crippen molar-refractivity contribution in [1.82, 2.24) is 0 Å². The van der Waals surface area contributed by atoms with Crippen LogP contribution in [0.5, 0.6) is 0 Å². The minimum absolute atomic E-state index is 0.0312. The van der Waals surface area contributed by atoms with E-state index in [1.165, 1.54) is 6.04 Å². The molecule has 0 radical (unpaired) electrons. The van der Waals surface area contributed by atoms with E-state index in [0.717, 1.165) is 43.4 Å². The summed E-state index contributed by atoms with van der Waals surface area (Å²) < 4.78 is 53.1. The van der Waals surface area contributed by atoms with Gasteiger partial charge in [0, 0.05) is 40.5 Å². The van der Waals surface area contributed by atoms with Crippen LogP contribution in [0.25, 0.3) is 0 Å². The van der Waals surface area contributed by atoms with Gasteiger partial charge in [0.15, 0.2) is 16.6 Å². The molecule has 0 aromatic rings. The third-order valence-corrected chi connectivity index (χ3v) is 30.9. The molecule has 0 saturated heterocycles. The molecule has 0 amide bonds. The molecule has 9 nitrogen and oxygen atoms in total. The van der Waals surface area contributed by atoms with Gasteiger partial charge in [-0.1, -0.05) is 32.1 Å². The SMILES string of the molecule is CCO[Si](CCC[Si](C)(O[Si](C)(CCCOCCO)O[Si](C)(C)C)O[Si](C)(CCC[Si](C)(C)C)O[Si](C)(C)C)(OCC)OCC. The van der Waals surface area contributed by atoms with E-state index in [0.29, 0.717) is 33.0 Å². The van der Waals surface area contributed by atoms with Gasteiger partial charge in [-0.05, 0) is 111 Å². The first kappa shape index (κ1) is 46.2. The van der Waals surface area contributed by atoms with Gasteiger partial charge in [0.05, 0.1) is 13.2 Å². The van der Waals surface area contributed by atoms with Crippen molar-refractivity contribution in [2.75, 3.05) is 39.6 Å². The molecule has 0 spiro atoms. The van der Waals surface area contributed by atoms with Gasteiger partial charge in [0.1, 0.15) is 0 Å². The van der Waals surface area contributed by atoms with Crippen molar-refractivity contribution in [3.05, 3.63) is 0 Å². The summed E-state index contributed by atoms with van der Waals surface area (Å²) in [6, 6.07) is 4.57. The van der Waals surface area contributed by atoms with Crippen LogP contribution in [0.3, 0.4) is 0 Å². The van der Waals surface area contributed by atoms with Crippen LogP contribution in [-0.2, 0) is 34.5 Å². The summed E-state index contributed by atoms with van der Waals surface area (Å²) in [4.78, 5) is 0. The fourth-order valence-electron chi connectivity index (χ4n) is 5.81.